The molecule has 0 bridgehead atoms. The summed E-state index contributed by atoms with van der Waals surface area (Å²) < 4.78 is 5.36. The maximum Gasteiger partial charge on any atom is 0.335 e. The van der Waals surface area contributed by atoms with Crippen molar-refractivity contribution < 1.29 is 24.5 Å². The average Bonchev–Trinajstić information content (AvgIpc) is 3.27. The smallest absolute Gasteiger partial charge is 0.335 e. The highest BCUT2D eigenvalue weighted by atomic mass is 16.5. The minimum atomic E-state index is -1.05. The Bertz CT molecular complexity index is 1490. The summed E-state index contributed by atoms with van der Waals surface area (Å²) in [5, 5.41) is 20.8. The second kappa shape index (κ2) is 10.9. The normalized spacial score (nSPS) is 14.5. The summed E-state index contributed by atoms with van der Waals surface area (Å²) in [5.74, 6) is -1.15. The molecule has 1 aliphatic heterocycles. The van der Waals surface area contributed by atoms with Gasteiger partial charge >= 0.3 is 5.97 Å². The number of ether oxygens (including phenoxy) is 1. The number of benzene rings is 3. The number of aromatic hydroxyl groups is 1. The summed E-state index contributed by atoms with van der Waals surface area (Å²) in [4.78, 5) is 35.7. The molecule has 9 nitrogen and oxygen atoms in total. The second-order valence-corrected chi connectivity index (χ2v) is 9.10. The number of likely N-dealkylation sites (N-methyl/N-ethyl adjacent to an activating group) is 1. The number of nitrogens with zero attached hydrogens (tertiary/aromatic N) is 3. The zero-order valence-electron chi connectivity index (χ0n) is 20.9. The summed E-state index contributed by atoms with van der Waals surface area (Å²) in [7, 11) is 1.76. The Kier molecular flexibility index (Phi) is 7.21. The first-order valence-electron chi connectivity index (χ1n) is 12.3. The van der Waals surface area contributed by atoms with Crippen LogP contribution in [0.2, 0.25) is 0 Å². The lowest BCUT2D eigenvalue weighted by molar-refractivity contribution is -0.120. The Morgan fingerprint density at radius 3 is 2.39 bits per heavy atom. The molecule has 3 aromatic carbocycles. The van der Waals surface area contributed by atoms with Gasteiger partial charge in [0.15, 0.2) is 5.88 Å². The molecule has 0 aliphatic carbocycles. The molecule has 5 rings (SSSR count). The fourth-order valence-corrected chi connectivity index (χ4v) is 4.50. The molecule has 1 amide bonds. The molecule has 0 radical (unpaired) electrons. The number of carbonyl (C=O) groups excluding carboxylic acids is 1. The molecule has 0 unspecified atom stereocenters. The van der Waals surface area contributed by atoms with Crippen molar-refractivity contribution in [2.75, 3.05) is 44.8 Å². The van der Waals surface area contributed by atoms with Crippen molar-refractivity contribution in [3.63, 3.8) is 0 Å². The number of aromatic amines is 1. The number of carboxylic acid groups (broad SMARTS) is 1. The Balaban J connectivity index is 1.47. The van der Waals surface area contributed by atoms with E-state index in [9.17, 15) is 19.8 Å². The van der Waals surface area contributed by atoms with Crippen LogP contribution in [0.3, 0.4) is 0 Å². The third-order valence-corrected chi connectivity index (χ3v) is 6.62. The van der Waals surface area contributed by atoms with Crippen LogP contribution < -0.4 is 4.90 Å². The van der Waals surface area contributed by atoms with E-state index in [1.165, 1.54) is 12.1 Å². The number of aromatic carboxylic acids is 1. The molecule has 9 heteroatoms. The molecule has 3 N–H and O–H groups in total. The number of rotatable bonds is 7. The molecule has 1 fully saturated rings. The lowest BCUT2D eigenvalue weighted by atomic mass is 10.00. The molecule has 0 spiro atoms. The second-order valence-electron chi connectivity index (χ2n) is 9.10. The summed E-state index contributed by atoms with van der Waals surface area (Å²) in [6, 6.07) is 21.5. The van der Waals surface area contributed by atoms with Gasteiger partial charge < -0.3 is 24.8 Å². The molecule has 0 atom stereocenters. The highest BCUT2D eigenvalue weighted by molar-refractivity contribution is 6.22. The number of amides is 1. The number of aliphatic imine (C=N–C) groups is 1. The zero-order chi connectivity index (χ0) is 26.6. The van der Waals surface area contributed by atoms with Crippen molar-refractivity contribution >= 4 is 39.9 Å². The van der Waals surface area contributed by atoms with Crippen LogP contribution in [-0.2, 0) is 9.53 Å². The first-order chi connectivity index (χ1) is 18.4. The molecule has 1 saturated heterocycles. The summed E-state index contributed by atoms with van der Waals surface area (Å²) in [6.07, 6.45) is 0. The van der Waals surface area contributed by atoms with Gasteiger partial charge in [0.05, 0.1) is 42.3 Å². The van der Waals surface area contributed by atoms with Gasteiger partial charge in [0.1, 0.15) is 0 Å². The molecule has 194 valence electrons. The lowest BCUT2D eigenvalue weighted by Gasteiger charge is -2.28. The van der Waals surface area contributed by atoms with E-state index in [0.29, 0.717) is 47.6 Å². The zero-order valence-corrected chi connectivity index (χ0v) is 20.9. The molecular weight excluding hydrogens is 484 g/mol. The highest BCUT2D eigenvalue weighted by Gasteiger charge is 2.21. The number of nitrogens with one attached hydrogen (secondary N) is 1. The van der Waals surface area contributed by atoms with Crippen LogP contribution in [0.25, 0.3) is 10.9 Å². The quantitative estimate of drug-likeness (QED) is 0.322. The first kappa shape index (κ1) is 25.2. The maximum absolute atomic E-state index is 12.8. The van der Waals surface area contributed by atoms with Gasteiger partial charge in [-0.3, -0.25) is 9.69 Å². The number of hydrogen-bond acceptors (Lipinski definition) is 6. The number of anilines is 1. The number of hydrogen-bond donors (Lipinski definition) is 3. The van der Waals surface area contributed by atoms with E-state index in [4.69, 9.17) is 9.73 Å². The number of fused-ring (bicyclic) bond motifs is 1. The van der Waals surface area contributed by atoms with Gasteiger partial charge in [0, 0.05) is 42.3 Å². The fourth-order valence-electron chi connectivity index (χ4n) is 4.50. The van der Waals surface area contributed by atoms with E-state index in [-0.39, 0.29) is 17.4 Å². The van der Waals surface area contributed by atoms with Gasteiger partial charge in [-0.1, -0.05) is 36.4 Å². The Morgan fingerprint density at radius 2 is 1.71 bits per heavy atom. The van der Waals surface area contributed by atoms with Gasteiger partial charge in [-0.2, -0.15) is 0 Å². The lowest BCUT2D eigenvalue weighted by Crippen LogP contribution is -2.43. The van der Waals surface area contributed by atoms with Crippen LogP contribution in [0.5, 0.6) is 5.88 Å². The van der Waals surface area contributed by atoms with Gasteiger partial charge in [-0.05, 0) is 36.4 Å². The summed E-state index contributed by atoms with van der Waals surface area (Å²) in [6.45, 7) is 3.10. The van der Waals surface area contributed by atoms with E-state index in [0.717, 1.165) is 24.3 Å². The Morgan fingerprint density at radius 1 is 1.00 bits per heavy atom. The van der Waals surface area contributed by atoms with Crippen molar-refractivity contribution in [1.29, 1.82) is 0 Å². The SMILES string of the molecule is CN(C(=O)CN1CCOCC1)c1ccc(N=C(c2ccccc2)c2c(O)[nH]c3cc(C(=O)O)ccc23)cc1. The van der Waals surface area contributed by atoms with Crippen LogP contribution in [-0.4, -0.2) is 77.6 Å². The van der Waals surface area contributed by atoms with E-state index in [1.807, 2.05) is 54.6 Å². The molecular formula is C29H28N4O5. The van der Waals surface area contributed by atoms with Crippen LogP contribution in [0.15, 0.2) is 77.8 Å². The molecule has 0 saturated carbocycles. The van der Waals surface area contributed by atoms with Crippen molar-refractivity contribution in [2.24, 2.45) is 4.99 Å². The van der Waals surface area contributed by atoms with Crippen LogP contribution in [0.1, 0.15) is 21.5 Å². The summed E-state index contributed by atoms with van der Waals surface area (Å²) in [5.41, 5.74) is 3.79. The minimum Gasteiger partial charge on any atom is -0.494 e. The molecule has 2 heterocycles. The molecule has 1 aromatic heterocycles. The van der Waals surface area contributed by atoms with Gasteiger partial charge in [0.2, 0.25) is 5.91 Å². The van der Waals surface area contributed by atoms with Crippen molar-refractivity contribution in [3.8, 4) is 5.88 Å². The largest absolute Gasteiger partial charge is 0.494 e. The number of carboxylic acids is 1. The third-order valence-electron chi connectivity index (χ3n) is 6.62. The van der Waals surface area contributed by atoms with Gasteiger partial charge in [-0.15, -0.1) is 0 Å². The van der Waals surface area contributed by atoms with Crippen molar-refractivity contribution in [3.05, 3.63) is 89.5 Å². The van der Waals surface area contributed by atoms with E-state index >= 15 is 0 Å². The predicted octanol–water partition coefficient (Wildman–Crippen LogP) is 4.04. The number of aromatic nitrogens is 1. The fraction of sp³-hybridized carbons (Fsp3) is 0.207. The van der Waals surface area contributed by atoms with Crippen LogP contribution in [0, 0.1) is 0 Å². The van der Waals surface area contributed by atoms with Crippen LogP contribution in [0.4, 0.5) is 11.4 Å². The van der Waals surface area contributed by atoms with Crippen molar-refractivity contribution in [1.82, 2.24) is 9.88 Å². The van der Waals surface area contributed by atoms with E-state index < -0.39 is 5.97 Å². The summed E-state index contributed by atoms with van der Waals surface area (Å²) >= 11 is 0. The Hall–Kier alpha value is -4.47. The maximum atomic E-state index is 12.8. The minimum absolute atomic E-state index is 0.00225. The number of carbonyl (C=O) groups is 2. The molecule has 1 aliphatic rings. The average molecular weight is 513 g/mol. The molecule has 4 aromatic rings. The van der Waals surface area contributed by atoms with Crippen molar-refractivity contribution in [2.45, 2.75) is 0 Å². The standard InChI is InChI=1S/C29H28N4O5/c1-32(25(34)18-33-13-15-38-16-14-33)22-10-8-21(9-11-22)30-27(19-5-3-2-4-6-19)26-23-12-7-20(29(36)37)17-24(23)31-28(26)35/h2-12,17,31,35H,13-16,18H2,1H3,(H,36,37). The molecule has 38 heavy (non-hydrogen) atoms. The van der Waals surface area contributed by atoms with Gasteiger partial charge in [-0.25, -0.2) is 9.79 Å². The number of H-pyrrole nitrogens is 1. The first-order valence-corrected chi connectivity index (χ1v) is 12.3. The Labute approximate surface area is 219 Å². The van der Waals surface area contributed by atoms with E-state index in [1.54, 1.807) is 18.0 Å². The van der Waals surface area contributed by atoms with E-state index in [2.05, 4.69) is 9.88 Å². The highest BCUT2D eigenvalue weighted by Crippen LogP contribution is 2.32. The number of morpholine rings is 1. The van der Waals surface area contributed by atoms with Gasteiger partial charge in [0.25, 0.3) is 0 Å². The van der Waals surface area contributed by atoms with Crippen LogP contribution >= 0.6 is 0 Å². The third kappa shape index (κ3) is 5.29. The topological polar surface area (TPSA) is 118 Å². The monoisotopic (exact) mass is 512 g/mol. The predicted molar refractivity (Wildman–Crippen MR) is 146 cm³/mol.